The Bertz CT molecular complexity index is 1210. The molecular formula is C27H31BrN4O2. The molecule has 0 radical (unpaired) electrons. The van der Waals surface area contributed by atoms with Crippen LogP contribution in [0.3, 0.4) is 0 Å². The van der Waals surface area contributed by atoms with Gasteiger partial charge in [0.05, 0.1) is 17.1 Å². The summed E-state index contributed by atoms with van der Waals surface area (Å²) in [4.78, 5) is 13.4. The third-order valence-corrected chi connectivity index (χ3v) is 6.83. The van der Waals surface area contributed by atoms with Gasteiger partial charge in [-0.25, -0.2) is 0 Å². The molecule has 1 heterocycles. The van der Waals surface area contributed by atoms with Gasteiger partial charge >= 0.3 is 5.97 Å². The van der Waals surface area contributed by atoms with E-state index in [1.807, 2.05) is 24.2 Å². The van der Waals surface area contributed by atoms with Crippen LogP contribution in [0.1, 0.15) is 34.2 Å². The molecule has 7 heteroatoms. The van der Waals surface area contributed by atoms with Gasteiger partial charge in [-0.15, -0.1) is 5.53 Å². The molecule has 0 aliphatic carbocycles. The highest BCUT2D eigenvalue weighted by molar-refractivity contribution is 9.10. The van der Waals surface area contributed by atoms with Crippen molar-refractivity contribution in [3.63, 3.8) is 0 Å². The van der Waals surface area contributed by atoms with Gasteiger partial charge in [-0.2, -0.15) is 0 Å². The Kier molecular flexibility index (Phi) is 7.26. The number of anilines is 3. The molecule has 0 unspecified atom stereocenters. The number of carbonyl (C=O) groups is 1. The van der Waals surface area contributed by atoms with E-state index in [2.05, 4.69) is 94.7 Å². The van der Waals surface area contributed by atoms with E-state index in [9.17, 15) is 4.79 Å². The Morgan fingerprint density at radius 1 is 1.06 bits per heavy atom. The standard InChI is InChI=1S/C27H31BrN4O2/c1-18-8-11-24(15-22(18)17-30(3)16-20-6-5-7-23(28)14-20)32-27-19(2)21(10-13-26(33)34)9-12-25(27)31(4)29-32/h5-9,11-12,14-15,29H,10,13,16-17H2,1-4H3,(H,33,34). The molecule has 34 heavy (non-hydrogen) atoms. The number of hydrogen-bond donors (Lipinski definition) is 2. The van der Waals surface area contributed by atoms with Crippen LogP contribution in [0.2, 0.25) is 0 Å². The van der Waals surface area contributed by atoms with Crippen LogP contribution >= 0.6 is 15.9 Å². The van der Waals surface area contributed by atoms with Gasteiger partial charge in [0.25, 0.3) is 0 Å². The highest BCUT2D eigenvalue weighted by Gasteiger charge is 2.28. The van der Waals surface area contributed by atoms with Gasteiger partial charge in [0.2, 0.25) is 0 Å². The third kappa shape index (κ3) is 5.27. The summed E-state index contributed by atoms with van der Waals surface area (Å²) in [5, 5.41) is 13.2. The van der Waals surface area contributed by atoms with Crippen molar-refractivity contribution in [3.8, 4) is 0 Å². The van der Waals surface area contributed by atoms with Crippen LogP contribution in [-0.4, -0.2) is 30.1 Å². The Morgan fingerprint density at radius 3 is 2.59 bits per heavy atom. The van der Waals surface area contributed by atoms with Crippen molar-refractivity contribution in [1.29, 1.82) is 0 Å². The molecule has 0 saturated heterocycles. The highest BCUT2D eigenvalue weighted by atomic mass is 79.9. The van der Waals surface area contributed by atoms with E-state index in [0.29, 0.717) is 6.42 Å². The summed E-state index contributed by atoms with van der Waals surface area (Å²) >= 11 is 3.56. The molecule has 0 amide bonds. The topological polar surface area (TPSA) is 59.1 Å². The molecule has 1 aliphatic heterocycles. The maximum absolute atomic E-state index is 11.1. The summed E-state index contributed by atoms with van der Waals surface area (Å²) in [5.41, 5.74) is 12.6. The minimum atomic E-state index is -0.776. The number of rotatable bonds is 8. The quantitative estimate of drug-likeness (QED) is 0.394. The third-order valence-electron chi connectivity index (χ3n) is 6.34. The maximum atomic E-state index is 11.1. The molecule has 6 nitrogen and oxygen atoms in total. The van der Waals surface area contributed by atoms with Crippen molar-refractivity contribution in [1.82, 2.24) is 10.4 Å². The first-order chi connectivity index (χ1) is 16.2. The van der Waals surface area contributed by atoms with E-state index in [0.717, 1.165) is 45.8 Å². The minimum absolute atomic E-state index is 0.127. The summed E-state index contributed by atoms with van der Waals surface area (Å²) in [6.45, 7) is 5.92. The molecule has 178 valence electrons. The molecule has 4 rings (SSSR count). The number of carboxylic acid groups (broad SMARTS) is 1. The van der Waals surface area contributed by atoms with Crippen LogP contribution in [0.5, 0.6) is 0 Å². The van der Waals surface area contributed by atoms with Crippen molar-refractivity contribution >= 4 is 39.0 Å². The maximum Gasteiger partial charge on any atom is 0.303 e. The Balaban J connectivity index is 1.59. The van der Waals surface area contributed by atoms with Gasteiger partial charge in [0.1, 0.15) is 0 Å². The number of hydrazine groups is 2. The molecule has 2 N–H and O–H groups in total. The lowest BCUT2D eigenvalue weighted by Gasteiger charge is -2.24. The highest BCUT2D eigenvalue weighted by Crippen LogP contribution is 2.41. The van der Waals surface area contributed by atoms with Gasteiger partial charge in [0.15, 0.2) is 0 Å². The number of halogens is 1. The summed E-state index contributed by atoms with van der Waals surface area (Å²) in [6.07, 6.45) is 0.646. The number of benzene rings is 3. The number of nitrogens with zero attached hydrogens (tertiary/aromatic N) is 3. The normalized spacial score (nSPS) is 13.0. The van der Waals surface area contributed by atoms with Gasteiger partial charge in [-0.1, -0.05) is 40.2 Å². The van der Waals surface area contributed by atoms with E-state index in [1.165, 1.54) is 16.7 Å². The fourth-order valence-corrected chi connectivity index (χ4v) is 4.94. The van der Waals surface area contributed by atoms with Gasteiger partial charge in [0, 0.05) is 31.0 Å². The zero-order valence-electron chi connectivity index (χ0n) is 20.1. The van der Waals surface area contributed by atoms with Crippen molar-refractivity contribution in [2.24, 2.45) is 0 Å². The number of aliphatic carboxylic acids is 1. The summed E-state index contributed by atoms with van der Waals surface area (Å²) < 4.78 is 1.09. The molecule has 1 aliphatic rings. The van der Waals surface area contributed by atoms with Crippen LogP contribution in [0.4, 0.5) is 17.1 Å². The Hall–Kier alpha value is -2.87. The smallest absolute Gasteiger partial charge is 0.303 e. The van der Waals surface area contributed by atoms with Crippen LogP contribution in [0, 0.1) is 13.8 Å². The monoisotopic (exact) mass is 522 g/mol. The van der Waals surface area contributed by atoms with E-state index in [-0.39, 0.29) is 6.42 Å². The first-order valence-electron chi connectivity index (χ1n) is 11.4. The second-order valence-electron chi connectivity index (χ2n) is 9.02. The number of nitrogens with one attached hydrogen (secondary N) is 1. The molecule has 0 fully saturated rings. The Morgan fingerprint density at radius 2 is 1.85 bits per heavy atom. The van der Waals surface area contributed by atoms with E-state index < -0.39 is 5.97 Å². The molecule has 0 bridgehead atoms. The lowest BCUT2D eigenvalue weighted by molar-refractivity contribution is -0.136. The molecule has 3 aromatic rings. The largest absolute Gasteiger partial charge is 0.481 e. The first kappa shape index (κ1) is 24.3. The number of hydrogen-bond acceptors (Lipinski definition) is 5. The average Bonchev–Trinajstić information content (AvgIpc) is 3.12. The number of aryl methyl sites for hydroxylation is 2. The van der Waals surface area contributed by atoms with E-state index in [4.69, 9.17) is 5.11 Å². The van der Waals surface area contributed by atoms with Gasteiger partial charge < -0.3 is 5.11 Å². The van der Waals surface area contributed by atoms with Gasteiger partial charge in [-0.3, -0.25) is 19.7 Å². The van der Waals surface area contributed by atoms with Crippen molar-refractivity contribution in [2.45, 2.75) is 39.8 Å². The summed E-state index contributed by atoms with van der Waals surface area (Å²) in [7, 11) is 4.14. The molecule has 0 spiro atoms. The van der Waals surface area contributed by atoms with Crippen LogP contribution in [0.15, 0.2) is 59.1 Å². The SMILES string of the molecule is Cc1ccc(N2NN(C)c3ccc(CCC(=O)O)c(C)c32)cc1CN(C)Cc1cccc(Br)c1. The minimum Gasteiger partial charge on any atom is -0.481 e. The van der Waals surface area contributed by atoms with E-state index in [1.54, 1.807) is 0 Å². The second kappa shape index (κ2) is 10.2. The predicted octanol–water partition coefficient (Wildman–Crippen LogP) is 5.72. The van der Waals surface area contributed by atoms with Crippen LogP contribution in [0.25, 0.3) is 0 Å². The van der Waals surface area contributed by atoms with Crippen molar-refractivity contribution in [2.75, 3.05) is 24.1 Å². The zero-order chi connectivity index (χ0) is 24.4. The van der Waals surface area contributed by atoms with Crippen LogP contribution < -0.4 is 15.6 Å². The van der Waals surface area contributed by atoms with E-state index >= 15 is 0 Å². The zero-order valence-corrected chi connectivity index (χ0v) is 21.7. The molecular weight excluding hydrogens is 492 g/mol. The van der Waals surface area contributed by atoms with Crippen molar-refractivity contribution in [3.05, 3.63) is 86.9 Å². The molecule has 3 aromatic carbocycles. The molecule has 0 aromatic heterocycles. The first-order valence-corrected chi connectivity index (χ1v) is 12.2. The molecule has 0 atom stereocenters. The fourth-order valence-electron chi connectivity index (χ4n) is 4.49. The molecule has 0 saturated carbocycles. The average molecular weight is 523 g/mol. The fraction of sp³-hybridized carbons (Fsp3) is 0.296. The lowest BCUT2D eigenvalue weighted by Crippen LogP contribution is -2.39. The number of carboxylic acids is 1. The number of fused-ring (bicyclic) bond motifs is 1. The van der Waals surface area contributed by atoms with Crippen molar-refractivity contribution < 1.29 is 9.90 Å². The summed E-state index contributed by atoms with van der Waals surface area (Å²) in [6, 6.07) is 19.1. The van der Waals surface area contributed by atoms with Gasteiger partial charge in [-0.05, 0) is 85.5 Å². The second-order valence-corrected chi connectivity index (χ2v) is 9.93. The summed E-state index contributed by atoms with van der Waals surface area (Å²) in [5.74, 6) is -0.776. The van der Waals surface area contributed by atoms with Crippen LogP contribution in [-0.2, 0) is 24.3 Å². The predicted molar refractivity (Wildman–Crippen MR) is 141 cm³/mol. The lowest BCUT2D eigenvalue weighted by atomic mass is 10.00. The Labute approximate surface area is 209 Å².